The van der Waals surface area contributed by atoms with E-state index in [4.69, 9.17) is 5.73 Å². The molecule has 1 atom stereocenters. The Balaban J connectivity index is 2.51. The molecule has 0 aromatic heterocycles. The first-order chi connectivity index (χ1) is 6.10. The van der Waals surface area contributed by atoms with Gasteiger partial charge < -0.3 is 5.73 Å². The van der Waals surface area contributed by atoms with Gasteiger partial charge in [-0.3, -0.25) is 4.90 Å². The Labute approximate surface area is 82.5 Å². The van der Waals surface area contributed by atoms with Crippen molar-refractivity contribution in [3.63, 3.8) is 0 Å². The predicted octanol–water partition coefficient (Wildman–Crippen LogP) is 1.85. The molecule has 0 saturated carbocycles. The van der Waals surface area contributed by atoms with Crippen molar-refractivity contribution in [3.05, 3.63) is 0 Å². The molecule has 1 saturated heterocycles. The zero-order valence-electron chi connectivity index (χ0n) is 9.34. The van der Waals surface area contributed by atoms with E-state index in [0.717, 1.165) is 12.5 Å². The maximum atomic E-state index is 5.73. The standard InChI is InChI=1S/C11H24N2/c1-4-6-13-7-5-10(9-12)8-11(13,2)3/h10H,4-9,12H2,1-3H3. The molecule has 2 nitrogen and oxygen atoms in total. The smallest absolute Gasteiger partial charge is 0.0156 e. The zero-order valence-corrected chi connectivity index (χ0v) is 9.34. The minimum Gasteiger partial charge on any atom is -0.330 e. The number of piperidine rings is 1. The Kier molecular flexibility index (Phi) is 3.74. The average molecular weight is 184 g/mol. The highest BCUT2D eigenvalue weighted by molar-refractivity contribution is 4.89. The van der Waals surface area contributed by atoms with E-state index in [0.29, 0.717) is 5.54 Å². The molecule has 0 bridgehead atoms. The van der Waals surface area contributed by atoms with E-state index < -0.39 is 0 Å². The van der Waals surface area contributed by atoms with Crippen LogP contribution < -0.4 is 5.73 Å². The number of hydrogen-bond acceptors (Lipinski definition) is 2. The monoisotopic (exact) mass is 184 g/mol. The summed E-state index contributed by atoms with van der Waals surface area (Å²) in [7, 11) is 0. The highest BCUT2D eigenvalue weighted by Crippen LogP contribution is 2.30. The van der Waals surface area contributed by atoms with Crippen LogP contribution >= 0.6 is 0 Å². The van der Waals surface area contributed by atoms with Crippen molar-refractivity contribution < 1.29 is 0 Å². The SMILES string of the molecule is CCCN1CCC(CN)CC1(C)C. The second-order valence-corrected chi connectivity index (χ2v) is 4.89. The van der Waals surface area contributed by atoms with Crippen LogP contribution in [0.5, 0.6) is 0 Å². The first-order valence-corrected chi connectivity index (χ1v) is 5.55. The number of nitrogens with zero attached hydrogens (tertiary/aromatic N) is 1. The van der Waals surface area contributed by atoms with Gasteiger partial charge in [-0.15, -0.1) is 0 Å². The molecule has 78 valence electrons. The van der Waals surface area contributed by atoms with Gasteiger partial charge in [-0.05, 0) is 58.7 Å². The van der Waals surface area contributed by atoms with Gasteiger partial charge >= 0.3 is 0 Å². The first-order valence-electron chi connectivity index (χ1n) is 5.55. The molecule has 1 fully saturated rings. The third-order valence-corrected chi connectivity index (χ3v) is 3.28. The van der Waals surface area contributed by atoms with Crippen molar-refractivity contribution in [2.45, 2.75) is 45.6 Å². The third kappa shape index (κ3) is 2.68. The fraction of sp³-hybridized carbons (Fsp3) is 1.00. The van der Waals surface area contributed by atoms with Gasteiger partial charge in [0.25, 0.3) is 0 Å². The molecule has 1 rings (SSSR count). The number of hydrogen-bond donors (Lipinski definition) is 1. The maximum Gasteiger partial charge on any atom is 0.0156 e. The van der Waals surface area contributed by atoms with Crippen molar-refractivity contribution in [1.82, 2.24) is 4.90 Å². The molecule has 2 heteroatoms. The van der Waals surface area contributed by atoms with Gasteiger partial charge in [0.05, 0.1) is 0 Å². The van der Waals surface area contributed by atoms with Gasteiger partial charge in [0.1, 0.15) is 0 Å². The van der Waals surface area contributed by atoms with Gasteiger partial charge in [0.2, 0.25) is 0 Å². The molecule has 0 radical (unpaired) electrons. The highest BCUT2D eigenvalue weighted by Gasteiger charge is 2.33. The maximum absolute atomic E-state index is 5.73. The molecule has 1 aliphatic heterocycles. The first kappa shape index (κ1) is 11.0. The highest BCUT2D eigenvalue weighted by atomic mass is 15.2. The van der Waals surface area contributed by atoms with Crippen LogP contribution in [0.4, 0.5) is 0 Å². The number of likely N-dealkylation sites (tertiary alicyclic amines) is 1. The summed E-state index contributed by atoms with van der Waals surface area (Å²) in [6.07, 6.45) is 3.82. The van der Waals surface area contributed by atoms with Gasteiger partial charge in [-0.2, -0.15) is 0 Å². The van der Waals surface area contributed by atoms with Crippen LogP contribution in [0.2, 0.25) is 0 Å². The molecular formula is C11H24N2. The van der Waals surface area contributed by atoms with E-state index in [9.17, 15) is 0 Å². The van der Waals surface area contributed by atoms with Crippen molar-refractivity contribution in [2.75, 3.05) is 19.6 Å². The molecule has 0 spiro atoms. The van der Waals surface area contributed by atoms with E-state index in [2.05, 4.69) is 25.7 Å². The van der Waals surface area contributed by atoms with Gasteiger partial charge in [-0.1, -0.05) is 6.92 Å². The number of nitrogens with two attached hydrogens (primary N) is 1. The van der Waals surface area contributed by atoms with E-state index in [1.165, 1.54) is 32.4 Å². The predicted molar refractivity (Wildman–Crippen MR) is 57.7 cm³/mol. The molecule has 0 aromatic rings. The largest absolute Gasteiger partial charge is 0.330 e. The van der Waals surface area contributed by atoms with Crippen molar-refractivity contribution in [1.29, 1.82) is 0 Å². The summed E-state index contributed by atoms with van der Waals surface area (Å²) in [4.78, 5) is 2.61. The van der Waals surface area contributed by atoms with E-state index in [1.807, 2.05) is 0 Å². The lowest BCUT2D eigenvalue weighted by molar-refractivity contribution is 0.0491. The molecule has 1 heterocycles. The summed E-state index contributed by atoms with van der Waals surface area (Å²) in [5, 5.41) is 0. The molecule has 0 aromatic carbocycles. The summed E-state index contributed by atoms with van der Waals surface area (Å²) in [5.74, 6) is 0.753. The molecule has 2 N–H and O–H groups in total. The number of rotatable bonds is 3. The van der Waals surface area contributed by atoms with E-state index >= 15 is 0 Å². The Morgan fingerprint density at radius 2 is 2.15 bits per heavy atom. The lowest BCUT2D eigenvalue weighted by atomic mass is 9.82. The lowest BCUT2D eigenvalue weighted by Crippen LogP contribution is -2.51. The van der Waals surface area contributed by atoms with Crippen LogP contribution in [0.15, 0.2) is 0 Å². The van der Waals surface area contributed by atoms with Crippen LogP contribution in [-0.2, 0) is 0 Å². The molecule has 0 aliphatic carbocycles. The van der Waals surface area contributed by atoms with Crippen LogP contribution in [0, 0.1) is 5.92 Å². The Morgan fingerprint density at radius 1 is 1.46 bits per heavy atom. The normalized spacial score (nSPS) is 29.1. The van der Waals surface area contributed by atoms with Gasteiger partial charge in [0, 0.05) is 5.54 Å². The minimum atomic E-state index is 0.373. The fourth-order valence-corrected chi connectivity index (χ4v) is 2.46. The average Bonchev–Trinajstić information content (AvgIpc) is 2.08. The van der Waals surface area contributed by atoms with Gasteiger partial charge in [-0.25, -0.2) is 0 Å². The molecule has 0 amide bonds. The summed E-state index contributed by atoms with van der Waals surface area (Å²) in [5.41, 5.74) is 6.10. The van der Waals surface area contributed by atoms with Crippen molar-refractivity contribution >= 4 is 0 Å². The van der Waals surface area contributed by atoms with Crippen molar-refractivity contribution in [2.24, 2.45) is 11.7 Å². The van der Waals surface area contributed by atoms with Crippen LogP contribution in [0.25, 0.3) is 0 Å². The molecule has 1 aliphatic rings. The summed E-state index contributed by atoms with van der Waals surface area (Å²) < 4.78 is 0. The van der Waals surface area contributed by atoms with Gasteiger partial charge in [0.15, 0.2) is 0 Å². The molecule has 13 heavy (non-hydrogen) atoms. The van der Waals surface area contributed by atoms with Crippen LogP contribution in [-0.4, -0.2) is 30.1 Å². The lowest BCUT2D eigenvalue weighted by Gasteiger charge is -2.45. The second kappa shape index (κ2) is 4.43. The van der Waals surface area contributed by atoms with Crippen LogP contribution in [0.1, 0.15) is 40.0 Å². The Hall–Kier alpha value is -0.0800. The minimum absolute atomic E-state index is 0.373. The summed E-state index contributed by atoms with van der Waals surface area (Å²) in [6.45, 7) is 10.3. The van der Waals surface area contributed by atoms with E-state index in [1.54, 1.807) is 0 Å². The fourth-order valence-electron chi connectivity index (χ4n) is 2.46. The second-order valence-electron chi connectivity index (χ2n) is 4.89. The molecular weight excluding hydrogens is 160 g/mol. The van der Waals surface area contributed by atoms with Crippen molar-refractivity contribution in [3.8, 4) is 0 Å². The quantitative estimate of drug-likeness (QED) is 0.725. The topological polar surface area (TPSA) is 29.3 Å². The van der Waals surface area contributed by atoms with Crippen LogP contribution in [0.3, 0.4) is 0 Å². The Bertz CT molecular complexity index is 154. The third-order valence-electron chi connectivity index (χ3n) is 3.28. The summed E-state index contributed by atoms with van der Waals surface area (Å²) >= 11 is 0. The zero-order chi connectivity index (χ0) is 9.90. The Morgan fingerprint density at radius 3 is 2.62 bits per heavy atom. The van der Waals surface area contributed by atoms with E-state index in [-0.39, 0.29) is 0 Å². The molecule has 1 unspecified atom stereocenters. The summed E-state index contributed by atoms with van der Waals surface area (Å²) in [6, 6.07) is 0.